The molecule has 1 saturated heterocycles. The number of amides is 1. The van der Waals surface area contributed by atoms with E-state index in [0.29, 0.717) is 19.8 Å². The molecule has 162 valence electrons. The molecule has 0 aromatic carbocycles. The highest BCUT2D eigenvalue weighted by atomic mass is 16.6. The van der Waals surface area contributed by atoms with Gasteiger partial charge in [0.2, 0.25) is 5.82 Å². The van der Waals surface area contributed by atoms with E-state index in [1.807, 2.05) is 20.8 Å². The van der Waals surface area contributed by atoms with E-state index >= 15 is 0 Å². The van der Waals surface area contributed by atoms with Crippen molar-refractivity contribution in [2.45, 2.75) is 26.4 Å². The molecule has 0 bridgehead atoms. The molecule has 10 nitrogen and oxygen atoms in total. The van der Waals surface area contributed by atoms with Gasteiger partial charge >= 0.3 is 12.1 Å². The summed E-state index contributed by atoms with van der Waals surface area (Å²) in [5, 5.41) is 2.67. The lowest BCUT2D eigenvalue weighted by Crippen LogP contribution is -2.47. The second-order valence-electron chi connectivity index (χ2n) is 7.63. The fourth-order valence-electron chi connectivity index (χ4n) is 2.75. The maximum atomic E-state index is 11.5. The maximum Gasteiger partial charge on any atom is 0.407 e. The first kappa shape index (κ1) is 22.8. The van der Waals surface area contributed by atoms with Gasteiger partial charge < -0.3 is 24.4 Å². The molecule has 0 aliphatic carbocycles. The molecule has 1 fully saturated rings. The summed E-state index contributed by atoms with van der Waals surface area (Å²) >= 11 is 0. The maximum absolute atomic E-state index is 11.5. The van der Waals surface area contributed by atoms with Crippen LogP contribution in [0.1, 0.15) is 31.4 Å². The molecule has 0 saturated carbocycles. The molecular formula is C19H31N5O5. The zero-order valence-electron chi connectivity index (χ0n) is 17.6. The molecule has 10 heteroatoms. The van der Waals surface area contributed by atoms with Crippen molar-refractivity contribution >= 4 is 17.7 Å². The molecule has 1 amide bonds. The van der Waals surface area contributed by atoms with Crippen molar-refractivity contribution in [3.8, 4) is 0 Å². The van der Waals surface area contributed by atoms with Crippen LogP contribution in [-0.4, -0.2) is 92.1 Å². The van der Waals surface area contributed by atoms with E-state index in [4.69, 9.17) is 9.47 Å². The highest BCUT2D eigenvalue weighted by Gasteiger charge is 2.19. The summed E-state index contributed by atoms with van der Waals surface area (Å²) in [4.78, 5) is 35.5. The Balaban J connectivity index is 1.58. The molecule has 2 rings (SSSR count). The topological polar surface area (TPSA) is 106 Å². The summed E-state index contributed by atoms with van der Waals surface area (Å²) in [5.74, 6) is -0.476. The van der Waals surface area contributed by atoms with Gasteiger partial charge in [-0.1, -0.05) is 0 Å². The molecule has 1 aromatic heterocycles. The monoisotopic (exact) mass is 409 g/mol. The quantitative estimate of drug-likeness (QED) is 0.495. The standard InChI is InChI=1S/C19H31N5O5/c1-19(2,3)29-18(26)20-5-11-28-12-10-23-6-8-24(9-7-23)15-13-21-16(22-14-15)17(25)27-4/h13-14H,5-12H2,1-4H3,(H,20,26). The lowest BCUT2D eigenvalue weighted by molar-refractivity contribution is 0.0489. The van der Waals surface area contributed by atoms with Crippen molar-refractivity contribution in [2.75, 3.05) is 64.5 Å². The largest absolute Gasteiger partial charge is 0.463 e. The minimum Gasteiger partial charge on any atom is -0.463 e. The second-order valence-corrected chi connectivity index (χ2v) is 7.63. The van der Waals surface area contributed by atoms with Crippen molar-refractivity contribution in [1.29, 1.82) is 0 Å². The zero-order chi connectivity index (χ0) is 21.3. The average Bonchev–Trinajstić information content (AvgIpc) is 2.69. The van der Waals surface area contributed by atoms with Crippen LogP contribution < -0.4 is 10.2 Å². The first-order valence-electron chi connectivity index (χ1n) is 9.71. The van der Waals surface area contributed by atoms with Crippen LogP contribution in [0.15, 0.2) is 12.4 Å². The van der Waals surface area contributed by atoms with Crippen LogP contribution in [0.4, 0.5) is 10.5 Å². The van der Waals surface area contributed by atoms with Gasteiger partial charge in [-0.3, -0.25) is 4.90 Å². The van der Waals surface area contributed by atoms with Gasteiger partial charge in [0, 0.05) is 39.3 Å². The van der Waals surface area contributed by atoms with Crippen molar-refractivity contribution in [1.82, 2.24) is 20.2 Å². The lowest BCUT2D eigenvalue weighted by Gasteiger charge is -2.35. The van der Waals surface area contributed by atoms with E-state index < -0.39 is 17.7 Å². The predicted octanol–water partition coefficient (Wildman–Crippen LogP) is 0.927. The van der Waals surface area contributed by atoms with Crippen LogP contribution in [-0.2, 0) is 14.2 Å². The highest BCUT2D eigenvalue weighted by molar-refractivity contribution is 5.85. The number of nitrogens with zero attached hydrogens (tertiary/aromatic N) is 4. The number of esters is 1. The molecule has 29 heavy (non-hydrogen) atoms. The summed E-state index contributed by atoms with van der Waals surface area (Å²) in [6.45, 7) is 11.3. The molecule has 0 atom stereocenters. The summed E-state index contributed by atoms with van der Waals surface area (Å²) in [6.07, 6.45) is 2.87. The number of alkyl carbamates (subject to hydrolysis) is 1. The van der Waals surface area contributed by atoms with Crippen molar-refractivity contribution < 1.29 is 23.8 Å². The summed E-state index contributed by atoms with van der Waals surface area (Å²) in [7, 11) is 1.31. The van der Waals surface area contributed by atoms with Crippen LogP contribution in [0.5, 0.6) is 0 Å². The molecular weight excluding hydrogens is 378 g/mol. The van der Waals surface area contributed by atoms with E-state index in [0.717, 1.165) is 38.4 Å². The van der Waals surface area contributed by atoms with Gasteiger partial charge in [0.15, 0.2) is 0 Å². The fraction of sp³-hybridized carbons (Fsp3) is 0.684. The molecule has 1 aliphatic heterocycles. The van der Waals surface area contributed by atoms with Crippen LogP contribution in [0, 0.1) is 0 Å². The molecule has 2 heterocycles. The second kappa shape index (κ2) is 10.9. The van der Waals surface area contributed by atoms with Crippen LogP contribution >= 0.6 is 0 Å². The summed E-state index contributed by atoms with van der Waals surface area (Å²) in [5.41, 5.74) is 0.393. The van der Waals surface area contributed by atoms with Gasteiger partial charge in [-0.2, -0.15) is 0 Å². The Morgan fingerprint density at radius 3 is 2.34 bits per heavy atom. The number of carbonyl (C=O) groups is 2. The normalized spacial score (nSPS) is 15.1. The number of nitrogens with one attached hydrogen (secondary N) is 1. The number of ether oxygens (including phenoxy) is 3. The SMILES string of the molecule is COC(=O)c1ncc(N2CCN(CCOCCNC(=O)OC(C)(C)C)CC2)cn1. The molecule has 1 aromatic rings. The van der Waals surface area contributed by atoms with Crippen molar-refractivity contribution in [3.05, 3.63) is 18.2 Å². The van der Waals surface area contributed by atoms with Crippen molar-refractivity contribution in [2.24, 2.45) is 0 Å². The van der Waals surface area contributed by atoms with Gasteiger partial charge in [-0.15, -0.1) is 0 Å². The third kappa shape index (κ3) is 8.20. The smallest absolute Gasteiger partial charge is 0.407 e. The van der Waals surface area contributed by atoms with E-state index in [9.17, 15) is 9.59 Å². The van der Waals surface area contributed by atoms with Crippen LogP contribution in [0.25, 0.3) is 0 Å². The van der Waals surface area contributed by atoms with Gasteiger partial charge in [0.25, 0.3) is 0 Å². The Morgan fingerprint density at radius 2 is 1.76 bits per heavy atom. The highest BCUT2D eigenvalue weighted by Crippen LogP contribution is 2.14. The van der Waals surface area contributed by atoms with Gasteiger partial charge in [0.1, 0.15) is 5.60 Å². The number of hydrogen-bond acceptors (Lipinski definition) is 9. The van der Waals surface area contributed by atoms with Crippen LogP contribution in [0.3, 0.4) is 0 Å². The zero-order valence-corrected chi connectivity index (χ0v) is 17.6. The number of hydrogen-bond donors (Lipinski definition) is 1. The number of methoxy groups -OCH3 is 1. The molecule has 0 unspecified atom stereocenters. The van der Waals surface area contributed by atoms with Crippen molar-refractivity contribution in [3.63, 3.8) is 0 Å². The van der Waals surface area contributed by atoms with Gasteiger partial charge in [-0.25, -0.2) is 19.6 Å². The Bertz CT molecular complexity index is 654. The molecule has 1 N–H and O–H groups in total. The molecule has 0 spiro atoms. The Morgan fingerprint density at radius 1 is 1.10 bits per heavy atom. The van der Waals surface area contributed by atoms with Crippen LogP contribution in [0.2, 0.25) is 0 Å². The van der Waals surface area contributed by atoms with E-state index in [-0.39, 0.29) is 5.82 Å². The lowest BCUT2D eigenvalue weighted by atomic mass is 10.2. The minimum atomic E-state index is -0.539. The summed E-state index contributed by atoms with van der Waals surface area (Å²) < 4.78 is 15.4. The third-order valence-electron chi connectivity index (χ3n) is 4.21. The third-order valence-corrected chi connectivity index (χ3v) is 4.21. The number of rotatable bonds is 8. The average molecular weight is 409 g/mol. The van der Waals surface area contributed by atoms with Gasteiger partial charge in [0.05, 0.1) is 38.4 Å². The van der Waals surface area contributed by atoms with E-state index in [1.54, 1.807) is 12.4 Å². The molecule has 0 radical (unpaired) electrons. The first-order valence-corrected chi connectivity index (χ1v) is 9.71. The fourth-order valence-corrected chi connectivity index (χ4v) is 2.75. The van der Waals surface area contributed by atoms with Gasteiger partial charge in [-0.05, 0) is 20.8 Å². The predicted molar refractivity (Wildman–Crippen MR) is 107 cm³/mol. The Kier molecular flexibility index (Phi) is 8.59. The van der Waals surface area contributed by atoms with E-state index in [1.165, 1.54) is 7.11 Å². The number of carbonyl (C=O) groups excluding carboxylic acids is 2. The number of aromatic nitrogens is 2. The number of piperazine rings is 1. The van der Waals surface area contributed by atoms with E-state index in [2.05, 4.69) is 29.8 Å². The number of anilines is 1. The Labute approximate surface area is 171 Å². The first-order chi connectivity index (χ1) is 13.8. The minimum absolute atomic E-state index is 0.0631. The summed E-state index contributed by atoms with van der Waals surface area (Å²) in [6, 6.07) is 0. The Hall–Kier alpha value is -2.46. The molecule has 1 aliphatic rings.